The molecule has 1 aliphatic rings. The number of ether oxygens (including phenoxy) is 1. The molecular weight excluding hydrogens is 815 g/mol. The molecule has 0 atom stereocenters. The fraction of sp³-hybridized carbons (Fsp3) is 0.782. The first-order valence-electron chi connectivity index (χ1n) is 26.3. The second kappa shape index (κ2) is 56.5. The molecule has 0 saturated carbocycles. The average molecular weight is 921 g/mol. The first kappa shape index (κ1) is 68.0. The van der Waals surface area contributed by atoms with E-state index in [0.717, 1.165) is 94.0 Å². The molecule has 1 amide bonds. The van der Waals surface area contributed by atoms with Gasteiger partial charge < -0.3 is 29.4 Å². The van der Waals surface area contributed by atoms with Gasteiger partial charge in [-0.15, -0.1) is 11.3 Å². The van der Waals surface area contributed by atoms with E-state index in [2.05, 4.69) is 67.2 Å². The third-order valence-corrected chi connectivity index (χ3v) is 11.4. The minimum absolute atomic E-state index is 0.0985. The number of carbonyl (C=O) groups is 4. The van der Waals surface area contributed by atoms with Gasteiger partial charge in [0.1, 0.15) is 12.6 Å². The van der Waals surface area contributed by atoms with E-state index in [1.165, 1.54) is 113 Å². The molecule has 1 aromatic rings. The van der Waals surface area contributed by atoms with Crippen molar-refractivity contribution in [3.05, 3.63) is 45.2 Å². The van der Waals surface area contributed by atoms with Gasteiger partial charge in [0, 0.05) is 55.2 Å². The molecule has 1 aliphatic heterocycles. The predicted octanol–water partition coefficient (Wildman–Crippen LogP) is 15.2. The van der Waals surface area contributed by atoms with Gasteiger partial charge in [-0.25, -0.2) is 0 Å². The van der Waals surface area contributed by atoms with E-state index in [-0.39, 0.29) is 11.9 Å². The summed E-state index contributed by atoms with van der Waals surface area (Å²) in [6, 6.07) is 0. The summed E-state index contributed by atoms with van der Waals surface area (Å²) in [6.45, 7) is 22.7. The van der Waals surface area contributed by atoms with Gasteiger partial charge in [-0.3, -0.25) is 9.59 Å². The zero-order valence-electron chi connectivity index (χ0n) is 44.2. The molecule has 0 bridgehead atoms. The Hall–Kier alpha value is -2.62. The Morgan fingerprint density at radius 3 is 1.67 bits per heavy atom. The van der Waals surface area contributed by atoms with Crippen molar-refractivity contribution in [2.24, 2.45) is 0 Å². The van der Waals surface area contributed by atoms with E-state index in [1.807, 2.05) is 55.6 Å². The number of unbranched alkanes of at least 4 members (excludes halogenated alkanes) is 19. The van der Waals surface area contributed by atoms with Crippen molar-refractivity contribution in [3.8, 4) is 0 Å². The summed E-state index contributed by atoms with van der Waals surface area (Å²) in [5, 5.41) is 3.03. The summed E-state index contributed by atoms with van der Waals surface area (Å²) >= 11 is 1.78. The Bertz CT molecular complexity index is 1210. The van der Waals surface area contributed by atoms with Crippen LogP contribution in [0.1, 0.15) is 242 Å². The second-order valence-electron chi connectivity index (χ2n) is 16.1. The highest BCUT2D eigenvalue weighted by atomic mass is 32.1. The number of thiophene rings is 1. The number of fused-ring (bicyclic) bond motifs is 1. The van der Waals surface area contributed by atoms with Gasteiger partial charge in [-0.1, -0.05) is 163 Å². The third-order valence-electron chi connectivity index (χ3n) is 10.2. The normalized spacial score (nSPS) is 11.6. The lowest BCUT2D eigenvalue weighted by Crippen LogP contribution is -2.33. The molecule has 0 saturated heterocycles. The number of nitrogens with one attached hydrogen (secondary N) is 1. The maximum Gasteiger partial charge on any atom is 0.305 e. The smallest absolute Gasteiger partial charge is 0.305 e. The van der Waals surface area contributed by atoms with Crippen LogP contribution >= 0.6 is 11.3 Å². The minimum atomic E-state index is -0.115. The SMILES string of the molecule is CC.CC.CC.CCCCC/C=C\C/C=C\CCCCCCCC=O.CCCCCCCCCCCOC(=O)CCCCC=O.Cc1sc2c(c1C(=O)NCCN(C)C)CCN(C)C2. The fourth-order valence-corrected chi connectivity index (χ4v) is 7.95. The first-order chi connectivity index (χ1) is 31.2. The zero-order valence-corrected chi connectivity index (χ0v) is 45.0. The van der Waals surface area contributed by atoms with Crippen molar-refractivity contribution >= 4 is 35.8 Å². The Balaban J connectivity index is -0.000000397. The minimum Gasteiger partial charge on any atom is -0.466 e. The lowest BCUT2D eigenvalue weighted by Gasteiger charge is -2.22. The molecular formula is C55H105N3O5S. The highest BCUT2D eigenvalue weighted by Gasteiger charge is 2.24. The van der Waals surface area contributed by atoms with Gasteiger partial charge in [-0.05, 0) is 97.8 Å². The number of aldehydes is 2. The van der Waals surface area contributed by atoms with E-state index in [0.29, 0.717) is 26.0 Å². The molecule has 0 fully saturated rings. The van der Waals surface area contributed by atoms with E-state index in [1.54, 1.807) is 11.3 Å². The molecule has 2 rings (SSSR count). The highest BCUT2D eigenvalue weighted by Crippen LogP contribution is 2.32. The van der Waals surface area contributed by atoms with Crippen LogP contribution in [-0.4, -0.2) is 81.6 Å². The number of hydrogen-bond donors (Lipinski definition) is 1. The van der Waals surface area contributed by atoms with Gasteiger partial charge in [0.2, 0.25) is 0 Å². The number of likely N-dealkylation sites (N-methyl/N-ethyl adjacent to an activating group) is 2. The second-order valence-corrected chi connectivity index (χ2v) is 17.4. The zero-order chi connectivity index (χ0) is 48.9. The Morgan fingerprint density at radius 1 is 0.672 bits per heavy atom. The van der Waals surface area contributed by atoms with Crippen LogP contribution in [0.25, 0.3) is 0 Å². The Kier molecular flexibility index (Phi) is 60.0. The lowest BCUT2D eigenvalue weighted by atomic mass is 10.0. The summed E-state index contributed by atoms with van der Waals surface area (Å²) in [5.74, 6) is -0.0168. The predicted molar refractivity (Wildman–Crippen MR) is 282 cm³/mol. The number of amides is 1. The fourth-order valence-electron chi connectivity index (χ4n) is 6.65. The van der Waals surface area contributed by atoms with Gasteiger partial charge >= 0.3 is 5.97 Å². The van der Waals surface area contributed by atoms with E-state index in [4.69, 9.17) is 4.74 Å². The quantitative estimate of drug-likeness (QED) is 0.0325. The van der Waals surface area contributed by atoms with Crippen molar-refractivity contribution < 1.29 is 23.9 Å². The van der Waals surface area contributed by atoms with Crippen LogP contribution in [0, 0.1) is 6.92 Å². The van der Waals surface area contributed by atoms with Crippen molar-refractivity contribution in [3.63, 3.8) is 0 Å². The van der Waals surface area contributed by atoms with Crippen molar-refractivity contribution in [1.29, 1.82) is 0 Å². The van der Waals surface area contributed by atoms with Crippen molar-refractivity contribution in [1.82, 2.24) is 15.1 Å². The molecule has 0 aliphatic carbocycles. The number of hydrogen-bond acceptors (Lipinski definition) is 8. The van der Waals surface area contributed by atoms with Gasteiger partial charge in [0.15, 0.2) is 0 Å². The van der Waals surface area contributed by atoms with Crippen molar-refractivity contribution in [2.75, 3.05) is 47.4 Å². The van der Waals surface area contributed by atoms with Crippen LogP contribution in [-0.2, 0) is 32.1 Å². The van der Waals surface area contributed by atoms with Crippen LogP contribution in [0.15, 0.2) is 24.3 Å². The topological polar surface area (TPSA) is 96.0 Å². The third kappa shape index (κ3) is 45.9. The molecule has 1 aromatic heterocycles. The number of carbonyl (C=O) groups excluding carboxylic acids is 4. The lowest BCUT2D eigenvalue weighted by molar-refractivity contribution is -0.144. The van der Waals surface area contributed by atoms with Crippen molar-refractivity contribution in [2.45, 2.75) is 236 Å². The molecule has 376 valence electrons. The van der Waals surface area contributed by atoms with Gasteiger partial charge in [0.05, 0.1) is 12.2 Å². The molecule has 0 unspecified atom stereocenters. The summed E-state index contributed by atoms with van der Waals surface area (Å²) in [4.78, 5) is 50.8. The molecule has 1 N–H and O–H groups in total. The van der Waals surface area contributed by atoms with Gasteiger partial charge in [-0.2, -0.15) is 0 Å². The van der Waals surface area contributed by atoms with E-state index >= 15 is 0 Å². The number of rotatable bonds is 33. The molecule has 8 nitrogen and oxygen atoms in total. The summed E-state index contributed by atoms with van der Waals surface area (Å²) in [6.07, 6.45) is 40.5. The summed E-state index contributed by atoms with van der Waals surface area (Å²) in [5.41, 5.74) is 2.22. The number of nitrogens with zero attached hydrogens (tertiary/aromatic N) is 2. The van der Waals surface area contributed by atoms with Crippen LogP contribution in [0.5, 0.6) is 0 Å². The van der Waals surface area contributed by atoms with Gasteiger partial charge in [0.25, 0.3) is 5.91 Å². The van der Waals surface area contributed by atoms with Crippen LogP contribution in [0.2, 0.25) is 0 Å². The van der Waals surface area contributed by atoms with Crippen LogP contribution in [0.4, 0.5) is 0 Å². The summed E-state index contributed by atoms with van der Waals surface area (Å²) < 4.78 is 5.15. The average Bonchev–Trinajstić information content (AvgIpc) is 3.64. The Morgan fingerprint density at radius 2 is 1.14 bits per heavy atom. The van der Waals surface area contributed by atoms with E-state index in [9.17, 15) is 19.2 Å². The molecule has 64 heavy (non-hydrogen) atoms. The molecule has 0 aromatic carbocycles. The van der Waals surface area contributed by atoms with Crippen LogP contribution in [0.3, 0.4) is 0 Å². The highest BCUT2D eigenvalue weighted by molar-refractivity contribution is 7.12. The largest absolute Gasteiger partial charge is 0.466 e. The summed E-state index contributed by atoms with van der Waals surface area (Å²) in [7, 11) is 6.16. The number of allylic oxidation sites excluding steroid dienone is 4. The molecule has 0 radical (unpaired) electrons. The number of esters is 1. The molecule has 9 heteroatoms. The molecule has 0 spiro atoms. The molecule has 2 heterocycles. The van der Waals surface area contributed by atoms with E-state index < -0.39 is 0 Å². The first-order valence-corrected chi connectivity index (χ1v) is 27.1. The van der Waals surface area contributed by atoms with Crippen LogP contribution < -0.4 is 5.32 Å². The maximum atomic E-state index is 12.3. The number of aryl methyl sites for hydroxylation is 1. The maximum absolute atomic E-state index is 12.3. The standard InChI is InChI=1S/C18H32O.C17H32O3.C14H23N3OS.3C2H6/c1-2-3-4-5-6-7-8-9-10-11-12-13-14-15-16-17-18-19;1-2-3-4-5-6-7-8-9-13-16-20-17(19)14-11-10-12-15-18;1-10-13(14(18)15-6-8-16(2)3)11-5-7-17(4)9-12(11)19-10;3*1-2/h6-7,9-10,18H,2-5,8,11-17H2,1H3;15H,2-14,16H2,1H3;5-9H2,1-4H3,(H,15,18);3*1-2H3/b7-6-,10-9-;;;;;. The Labute approximate surface area is 401 Å². The monoisotopic (exact) mass is 920 g/mol.